The molecule has 28 heavy (non-hydrogen) atoms. The van der Waals surface area contributed by atoms with E-state index in [-0.39, 0.29) is 0 Å². The quantitative estimate of drug-likeness (QED) is 0.395. The lowest BCUT2D eigenvalue weighted by Gasteiger charge is -2.14. The number of alkyl halides is 3. The van der Waals surface area contributed by atoms with Crippen LogP contribution in [-0.2, 0) is 16.7 Å². The van der Waals surface area contributed by atoms with E-state index in [0.717, 1.165) is 16.8 Å². The Hall–Kier alpha value is -1.99. The van der Waals surface area contributed by atoms with Gasteiger partial charge in [0.15, 0.2) is 20.6 Å². The van der Waals surface area contributed by atoms with Crippen LogP contribution in [0.25, 0.3) is 10.2 Å². The minimum atomic E-state index is -6.09. The molecule has 0 unspecified atom stereocenters. The summed E-state index contributed by atoms with van der Waals surface area (Å²) in [5, 5.41) is 1.18. The van der Waals surface area contributed by atoms with Crippen LogP contribution in [0, 0.1) is 6.92 Å². The first-order valence-electron chi connectivity index (χ1n) is 7.60. The van der Waals surface area contributed by atoms with Crippen molar-refractivity contribution >= 4 is 31.7 Å². The van der Waals surface area contributed by atoms with E-state index in [9.17, 15) is 13.2 Å². The van der Waals surface area contributed by atoms with Crippen molar-refractivity contribution in [2.24, 2.45) is 0 Å². The van der Waals surface area contributed by atoms with Crippen LogP contribution in [0.4, 0.5) is 13.2 Å². The molecule has 0 aliphatic heterocycles. The monoisotopic (exact) mass is 447 g/mol. The number of hydrogen-bond donors (Lipinski definition) is 0. The molecule has 0 saturated carbocycles. The summed E-state index contributed by atoms with van der Waals surface area (Å²) in [6, 6.07) is 0. The van der Waals surface area contributed by atoms with Crippen molar-refractivity contribution in [3.8, 4) is 23.0 Å². The summed E-state index contributed by atoms with van der Waals surface area (Å²) in [7, 11) is 0.374. The van der Waals surface area contributed by atoms with Crippen LogP contribution in [0.3, 0.4) is 0 Å². The molecule has 2 rings (SSSR count). The van der Waals surface area contributed by atoms with Crippen molar-refractivity contribution < 1.29 is 49.7 Å². The number of halogens is 3. The average molecular weight is 447 g/mol. The molecule has 0 saturated heterocycles. The van der Waals surface area contributed by atoms with E-state index in [0.29, 0.717) is 23.0 Å². The molecule has 0 fully saturated rings. The van der Waals surface area contributed by atoms with E-state index < -0.39 is 15.6 Å². The number of thiazole rings is 1. The van der Waals surface area contributed by atoms with Gasteiger partial charge in [-0.05, 0) is 6.92 Å². The van der Waals surface area contributed by atoms with Crippen LogP contribution < -0.4 is 23.5 Å². The lowest BCUT2D eigenvalue weighted by molar-refractivity contribution is -0.669. The molecule has 13 heteroatoms. The summed E-state index contributed by atoms with van der Waals surface area (Å²) >= 11 is 1.66. The molecule has 0 N–H and O–H groups in total. The summed E-state index contributed by atoms with van der Waals surface area (Å²) in [5.41, 5.74) is -4.67. The SMILES string of the molecule is CC[n+]1c(C)sc2c(OC)c(OC)c(OC)c(OC)c21.O=S(=O)([O-])C(F)(F)F. The number of fused-ring (bicyclic) bond motifs is 1. The summed E-state index contributed by atoms with van der Waals surface area (Å²) in [4.78, 5) is 0. The fraction of sp³-hybridized carbons (Fsp3) is 0.533. The first-order valence-corrected chi connectivity index (χ1v) is 9.82. The highest BCUT2D eigenvalue weighted by atomic mass is 32.2. The number of methoxy groups -OCH3 is 4. The topological polar surface area (TPSA) is 98.0 Å². The van der Waals surface area contributed by atoms with Crippen molar-refractivity contribution in [3.63, 3.8) is 0 Å². The Morgan fingerprint density at radius 3 is 1.68 bits per heavy atom. The molecular formula is C15H20F3NO7S2. The molecule has 1 aromatic carbocycles. The molecule has 2 aromatic rings. The van der Waals surface area contributed by atoms with E-state index in [2.05, 4.69) is 18.4 Å². The predicted molar refractivity (Wildman–Crippen MR) is 94.4 cm³/mol. The third-order valence-electron chi connectivity index (χ3n) is 3.57. The number of benzene rings is 1. The molecule has 0 atom stereocenters. The van der Waals surface area contributed by atoms with Crippen molar-refractivity contribution in [3.05, 3.63) is 5.01 Å². The average Bonchev–Trinajstić information content (AvgIpc) is 2.93. The Morgan fingerprint density at radius 2 is 1.36 bits per heavy atom. The predicted octanol–water partition coefficient (Wildman–Crippen LogP) is 2.60. The Morgan fingerprint density at radius 1 is 0.964 bits per heavy atom. The Kier molecular flexibility index (Phi) is 7.74. The van der Waals surface area contributed by atoms with Gasteiger partial charge in [0.2, 0.25) is 22.3 Å². The molecular weight excluding hydrogens is 427 g/mol. The molecule has 0 radical (unpaired) electrons. The third kappa shape index (κ3) is 4.52. The number of aromatic nitrogens is 1. The summed E-state index contributed by atoms with van der Waals surface area (Å²) in [6.45, 7) is 5.02. The van der Waals surface area contributed by atoms with Gasteiger partial charge < -0.3 is 23.5 Å². The Labute approximate surface area is 164 Å². The zero-order chi connectivity index (χ0) is 21.9. The number of ether oxygens (including phenoxy) is 4. The Balaban J connectivity index is 0.000000416. The van der Waals surface area contributed by atoms with Gasteiger partial charge in [0.25, 0.3) is 5.52 Å². The highest BCUT2D eigenvalue weighted by Crippen LogP contribution is 2.51. The lowest BCUT2D eigenvalue weighted by Crippen LogP contribution is -2.33. The zero-order valence-electron chi connectivity index (χ0n) is 16.0. The molecule has 160 valence electrons. The van der Waals surface area contributed by atoms with Gasteiger partial charge in [-0.3, -0.25) is 0 Å². The van der Waals surface area contributed by atoms with Crippen LogP contribution >= 0.6 is 11.3 Å². The fourth-order valence-electron chi connectivity index (χ4n) is 2.45. The highest BCUT2D eigenvalue weighted by Gasteiger charge is 2.37. The second-order valence-corrected chi connectivity index (χ2v) is 7.65. The largest absolute Gasteiger partial charge is 0.741 e. The van der Waals surface area contributed by atoms with Gasteiger partial charge >= 0.3 is 5.51 Å². The van der Waals surface area contributed by atoms with Gasteiger partial charge in [-0.1, -0.05) is 11.3 Å². The van der Waals surface area contributed by atoms with E-state index in [1.807, 2.05) is 0 Å². The van der Waals surface area contributed by atoms with Gasteiger partial charge in [0.05, 0.1) is 28.4 Å². The highest BCUT2D eigenvalue weighted by molar-refractivity contribution is 7.86. The smallest absolute Gasteiger partial charge is 0.485 e. The first-order chi connectivity index (χ1) is 12.9. The van der Waals surface area contributed by atoms with Crippen LogP contribution in [0.15, 0.2) is 0 Å². The maximum atomic E-state index is 10.7. The number of aryl methyl sites for hydroxylation is 2. The molecule has 8 nitrogen and oxygen atoms in total. The third-order valence-corrected chi connectivity index (χ3v) is 5.24. The maximum Gasteiger partial charge on any atom is 0.485 e. The second kappa shape index (κ2) is 9.01. The second-order valence-electron chi connectivity index (χ2n) is 5.08. The van der Waals surface area contributed by atoms with Crippen molar-refractivity contribution in [1.82, 2.24) is 0 Å². The van der Waals surface area contributed by atoms with Gasteiger partial charge in [0.1, 0.15) is 6.54 Å². The molecule has 0 amide bonds. The van der Waals surface area contributed by atoms with Crippen LogP contribution in [0.1, 0.15) is 11.9 Å². The van der Waals surface area contributed by atoms with Crippen molar-refractivity contribution in [2.75, 3.05) is 28.4 Å². The minimum Gasteiger partial charge on any atom is -0.741 e. The number of hydrogen-bond acceptors (Lipinski definition) is 8. The van der Waals surface area contributed by atoms with Crippen LogP contribution in [0.2, 0.25) is 0 Å². The molecule has 1 heterocycles. The standard InChI is InChI=1S/C14H20NO4S.CHF3O3S/c1-7-15-8(2)20-14-9(15)10(16-3)11(17-4)12(18-5)13(14)19-6;2-1(3,4)8(5,6)7/h7H2,1-6H3;(H,5,6,7)/q+1;/p-1. The van der Waals surface area contributed by atoms with Gasteiger partial charge in [-0.15, -0.1) is 0 Å². The molecule has 0 spiro atoms. The van der Waals surface area contributed by atoms with Crippen LogP contribution in [0.5, 0.6) is 23.0 Å². The summed E-state index contributed by atoms with van der Waals surface area (Å²) < 4.78 is 84.1. The van der Waals surface area contributed by atoms with Gasteiger partial charge in [-0.25, -0.2) is 8.42 Å². The maximum absolute atomic E-state index is 10.7. The molecule has 0 aliphatic carbocycles. The number of rotatable bonds is 5. The lowest BCUT2D eigenvalue weighted by atomic mass is 10.2. The molecule has 0 aliphatic rings. The van der Waals surface area contributed by atoms with Crippen LogP contribution in [-0.4, -0.2) is 46.9 Å². The summed E-state index contributed by atoms with van der Waals surface area (Å²) in [6.07, 6.45) is 0. The number of nitrogens with zero attached hydrogens (tertiary/aromatic N) is 1. The molecule has 0 bridgehead atoms. The normalized spacial score (nSPS) is 11.6. The first kappa shape index (κ1) is 24.0. The summed E-state index contributed by atoms with van der Waals surface area (Å²) in [5.74, 6) is 2.47. The van der Waals surface area contributed by atoms with E-state index >= 15 is 0 Å². The van der Waals surface area contributed by atoms with Gasteiger partial charge in [-0.2, -0.15) is 17.7 Å². The van der Waals surface area contributed by atoms with Gasteiger partial charge in [0, 0.05) is 6.92 Å². The van der Waals surface area contributed by atoms with Crippen molar-refractivity contribution in [1.29, 1.82) is 0 Å². The minimum absolute atomic E-state index is 0.555. The zero-order valence-corrected chi connectivity index (χ0v) is 17.6. The fourth-order valence-corrected chi connectivity index (χ4v) is 3.65. The van der Waals surface area contributed by atoms with E-state index in [1.165, 1.54) is 5.01 Å². The Bertz CT molecular complexity index is 940. The van der Waals surface area contributed by atoms with E-state index in [1.54, 1.807) is 39.8 Å². The van der Waals surface area contributed by atoms with E-state index in [4.69, 9.17) is 31.9 Å². The molecule has 1 aromatic heterocycles. The van der Waals surface area contributed by atoms with Crippen molar-refractivity contribution in [2.45, 2.75) is 25.9 Å².